The van der Waals surface area contributed by atoms with Gasteiger partial charge in [0.2, 0.25) is 0 Å². The Morgan fingerprint density at radius 2 is 1.88 bits per heavy atom. The third-order valence-corrected chi connectivity index (χ3v) is 5.19. The van der Waals surface area contributed by atoms with Gasteiger partial charge in [-0.05, 0) is 24.1 Å². The summed E-state index contributed by atoms with van der Waals surface area (Å²) in [4.78, 5) is 37.8. The fourth-order valence-corrected chi connectivity index (χ4v) is 4.12. The smallest absolute Gasteiger partial charge is 0.390 e. The van der Waals surface area contributed by atoms with Crippen LogP contribution in [-0.4, -0.2) is 41.3 Å². The van der Waals surface area contributed by atoms with E-state index in [4.69, 9.17) is 4.42 Å². The van der Waals surface area contributed by atoms with E-state index in [2.05, 4.69) is 0 Å². The van der Waals surface area contributed by atoms with Crippen molar-refractivity contribution in [1.29, 1.82) is 0 Å². The van der Waals surface area contributed by atoms with Gasteiger partial charge in [-0.1, -0.05) is 37.3 Å². The van der Waals surface area contributed by atoms with Gasteiger partial charge in [-0.15, -0.1) is 0 Å². The van der Waals surface area contributed by atoms with Crippen molar-refractivity contribution >= 4 is 17.7 Å². The monoisotopic (exact) mass is 355 g/mol. The van der Waals surface area contributed by atoms with Gasteiger partial charge in [-0.2, -0.15) is 0 Å². The lowest BCUT2D eigenvalue weighted by molar-refractivity contribution is -0.857. The number of benzene rings is 1. The first-order chi connectivity index (χ1) is 12.5. The molecule has 2 aromatic rings. The van der Waals surface area contributed by atoms with Crippen LogP contribution in [0.15, 0.2) is 53.1 Å². The molecule has 0 aliphatic carbocycles. The lowest BCUT2D eigenvalue weighted by Gasteiger charge is -2.38. The summed E-state index contributed by atoms with van der Waals surface area (Å²) in [6, 6.07) is 11.1. The van der Waals surface area contributed by atoms with E-state index >= 15 is 0 Å². The maximum Gasteiger partial charge on any atom is 0.390 e. The number of carboxylic acid groups (broad SMARTS) is 1. The van der Waals surface area contributed by atoms with Crippen molar-refractivity contribution in [2.24, 2.45) is 0 Å². The van der Waals surface area contributed by atoms with Gasteiger partial charge in [0.25, 0.3) is 0 Å². The number of hydrogen-bond acceptors (Lipinski definition) is 5. The number of hydrogen-bond donors (Lipinski definition) is 0. The minimum Gasteiger partial charge on any atom is -0.544 e. The van der Waals surface area contributed by atoms with E-state index in [-0.39, 0.29) is 24.8 Å². The van der Waals surface area contributed by atoms with E-state index in [0.717, 1.165) is 5.56 Å². The molecule has 1 fully saturated rings. The van der Waals surface area contributed by atoms with Crippen LogP contribution in [0, 0.1) is 0 Å². The van der Waals surface area contributed by atoms with Gasteiger partial charge in [0.05, 0.1) is 19.4 Å². The highest BCUT2D eigenvalue weighted by Crippen LogP contribution is 2.40. The molecule has 6 nitrogen and oxygen atoms in total. The summed E-state index contributed by atoms with van der Waals surface area (Å²) in [5.74, 6) is -3.27. The Morgan fingerprint density at radius 3 is 2.46 bits per heavy atom. The first-order valence-electron chi connectivity index (χ1n) is 8.76. The average molecular weight is 355 g/mol. The van der Waals surface area contributed by atoms with Crippen LogP contribution in [0.3, 0.4) is 0 Å². The van der Waals surface area contributed by atoms with Gasteiger partial charge in [-0.25, -0.2) is 9.28 Å². The molecule has 0 radical (unpaired) electrons. The second-order valence-electron chi connectivity index (χ2n) is 6.66. The molecule has 1 aromatic heterocycles. The molecule has 26 heavy (non-hydrogen) atoms. The Morgan fingerprint density at radius 1 is 1.15 bits per heavy atom. The van der Waals surface area contributed by atoms with E-state index in [0.29, 0.717) is 12.8 Å². The number of amides is 1. The van der Waals surface area contributed by atoms with Crippen molar-refractivity contribution in [2.75, 3.05) is 13.1 Å². The Hall–Kier alpha value is -2.73. The van der Waals surface area contributed by atoms with E-state index < -0.39 is 28.2 Å². The van der Waals surface area contributed by atoms with Gasteiger partial charge in [0, 0.05) is 12.3 Å². The Labute approximate surface area is 151 Å². The standard InChI is InChI=1S/C20H21NO5/c1-2-11-21(19(23)18(22)16-9-6-13-26-16)12-10-15(17(21)20(24)25)14-7-4-3-5-8-14/h3-9,13,15,17H,2,10-12H2,1H3/t15?,17-,21?/m0/s1. The number of Topliss-reactive ketones (excluding diaryl/α,β-unsaturated/α-hetero) is 1. The third kappa shape index (κ3) is 2.97. The quantitative estimate of drug-likeness (QED) is 0.445. The number of furan rings is 1. The Balaban J connectivity index is 2.03. The molecule has 1 aromatic carbocycles. The number of carbonyl (C=O) groups excluding carboxylic acids is 3. The van der Waals surface area contributed by atoms with Gasteiger partial charge in [-0.3, -0.25) is 4.79 Å². The van der Waals surface area contributed by atoms with E-state index in [1.807, 2.05) is 37.3 Å². The van der Waals surface area contributed by atoms with Crippen LogP contribution < -0.4 is 5.11 Å². The number of nitrogens with zero attached hydrogens (tertiary/aromatic N) is 1. The van der Waals surface area contributed by atoms with E-state index in [9.17, 15) is 19.5 Å². The average Bonchev–Trinajstić information content (AvgIpc) is 3.30. The zero-order chi connectivity index (χ0) is 18.7. The normalized spacial score (nSPS) is 25.1. The maximum absolute atomic E-state index is 13.1. The van der Waals surface area contributed by atoms with Gasteiger partial charge in [0.15, 0.2) is 5.76 Å². The number of carboxylic acids is 1. The molecular formula is C20H21NO5. The highest BCUT2D eigenvalue weighted by molar-refractivity contribution is 6.39. The number of quaternary nitrogens is 1. The first-order valence-corrected chi connectivity index (χ1v) is 8.76. The first kappa shape index (κ1) is 18.1. The number of carbonyl (C=O) groups is 3. The summed E-state index contributed by atoms with van der Waals surface area (Å²) < 4.78 is 4.64. The fourth-order valence-electron chi connectivity index (χ4n) is 4.12. The number of rotatable bonds is 6. The SMILES string of the molecule is CCC[N+]1(C(=O)C(=O)c2ccco2)CCC(c2ccccc2)[C@H]1C(=O)[O-]. The summed E-state index contributed by atoms with van der Waals surface area (Å²) in [5.41, 5.74) is 0.844. The molecule has 3 rings (SSSR count). The third-order valence-electron chi connectivity index (χ3n) is 5.19. The summed E-state index contributed by atoms with van der Waals surface area (Å²) in [7, 11) is 0. The van der Waals surface area contributed by atoms with Crippen LogP contribution in [0.25, 0.3) is 0 Å². The molecule has 0 bridgehead atoms. The van der Waals surface area contributed by atoms with Gasteiger partial charge in [0.1, 0.15) is 12.0 Å². The summed E-state index contributed by atoms with van der Waals surface area (Å²) in [6.45, 7) is 2.43. The van der Waals surface area contributed by atoms with Crippen molar-refractivity contribution in [3.8, 4) is 0 Å². The van der Waals surface area contributed by atoms with Crippen molar-refractivity contribution in [3.05, 3.63) is 60.1 Å². The van der Waals surface area contributed by atoms with Crippen LogP contribution in [0.5, 0.6) is 0 Å². The predicted octanol–water partition coefficient (Wildman–Crippen LogP) is 1.52. The predicted molar refractivity (Wildman–Crippen MR) is 90.9 cm³/mol. The maximum atomic E-state index is 13.1. The number of aliphatic carboxylic acids is 1. The lowest BCUT2D eigenvalue weighted by atomic mass is 9.91. The molecule has 1 saturated heterocycles. The van der Waals surface area contributed by atoms with Crippen LogP contribution in [0.1, 0.15) is 41.8 Å². The molecule has 1 aliphatic heterocycles. The molecule has 6 heteroatoms. The largest absolute Gasteiger partial charge is 0.544 e. The molecule has 3 atom stereocenters. The van der Waals surface area contributed by atoms with Crippen molar-refractivity contribution in [2.45, 2.75) is 31.7 Å². The molecule has 2 unspecified atom stereocenters. The molecule has 1 amide bonds. The zero-order valence-corrected chi connectivity index (χ0v) is 14.6. The van der Waals surface area contributed by atoms with Gasteiger partial charge >= 0.3 is 11.7 Å². The molecule has 1 aliphatic rings. The number of likely N-dealkylation sites (tertiary alicyclic amines) is 1. The lowest BCUT2D eigenvalue weighted by Crippen LogP contribution is -2.64. The molecule has 136 valence electrons. The molecule has 0 N–H and O–H groups in total. The van der Waals surface area contributed by atoms with Crippen LogP contribution in [-0.2, 0) is 9.59 Å². The van der Waals surface area contributed by atoms with E-state index in [1.165, 1.54) is 18.4 Å². The second kappa shape index (κ2) is 7.25. The minimum atomic E-state index is -1.30. The van der Waals surface area contributed by atoms with Crippen molar-refractivity contribution < 1.29 is 28.4 Å². The Kier molecular flexibility index (Phi) is 5.04. The fraction of sp³-hybridized carbons (Fsp3) is 0.350. The van der Waals surface area contributed by atoms with Crippen LogP contribution in [0.2, 0.25) is 0 Å². The highest BCUT2D eigenvalue weighted by atomic mass is 16.4. The summed E-state index contributed by atoms with van der Waals surface area (Å²) >= 11 is 0. The minimum absolute atomic E-state index is 0.0659. The van der Waals surface area contributed by atoms with Crippen LogP contribution in [0.4, 0.5) is 0 Å². The van der Waals surface area contributed by atoms with Crippen molar-refractivity contribution in [3.63, 3.8) is 0 Å². The van der Waals surface area contributed by atoms with Crippen molar-refractivity contribution in [1.82, 2.24) is 0 Å². The second-order valence-corrected chi connectivity index (χ2v) is 6.66. The highest BCUT2D eigenvalue weighted by Gasteiger charge is 2.56. The van der Waals surface area contributed by atoms with Crippen LogP contribution >= 0.6 is 0 Å². The molecule has 0 saturated carbocycles. The number of ketones is 1. The molecule has 0 spiro atoms. The zero-order valence-electron chi connectivity index (χ0n) is 14.6. The van der Waals surface area contributed by atoms with E-state index in [1.54, 1.807) is 0 Å². The Bertz CT molecular complexity index is 799. The summed E-state index contributed by atoms with van der Waals surface area (Å²) in [5, 5.41) is 12.1. The molecular weight excluding hydrogens is 334 g/mol. The topological polar surface area (TPSA) is 87.4 Å². The summed E-state index contributed by atoms with van der Waals surface area (Å²) in [6.07, 6.45) is 2.39. The molecule has 2 heterocycles. The van der Waals surface area contributed by atoms with Gasteiger partial charge < -0.3 is 14.3 Å².